The summed E-state index contributed by atoms with van der Waals surface area (Å²) >= 11 is 0. The fourth-order valence-corrected chi connectivity index (χ4v) is 3.98. The van der Waals surface area contributed by atoms with Crippen LogP contribution in [0.2, 0.25) is 0 Å². The molecule has 0 radical (unpaired) electrons. The molecule has 1 aromatic heterocycles. The minimum atomic E-state index is -0.865. The SMILES string of the molecule is CCOC(=O)CC(C[N+](=O)[O-])c1cn(C(=O)OC(C)(C)C)c2ccc(NC(=O)Cc3ccccc3)cc12. The zero-order valence-corrected chi connectivity index (χ0v) is 21.4. The molecule has 2 aromatic carbocycles. The van der Waals surface area contributed by atoms with E-state index in [0.717, 1.165) is 5.56 Å². The Morgan fingerprint density at radius 2 is 1.81 bits per heavy atom. The highest BCUT2D eigenvalue weighted by molar-refractivity contribution is 5.98. The predicted molar refractivity (Wildman–Crippen MR) is 138 cm³/mol. The van der Waals surface area contributed by atoms with Gasteiger partial charge in [-0.2, -0.15) is 0 Å². The van der Waals surface area contributed by atoms with Crippen molar-refractivity contribution in [2.24, 2.45) is 0 Å². The molecular weight excluding hydrogens is 478 g/mol. The number of esters is 1. The van der Waals surface area contributed by atoms with Gasteiger partial charge < -0.3 is 14.8 Å². The van der Waals surface area contributed by atoms with Crippen molar-refractivity contribution in [2.45, 2.75) is 52.1 Å². The number of amides is 1. The van der Waals surface area contributed by atoms with Crippen LogP contribution in [0.3, 0.4) is 0 Å². The lowest BCUT2D eigenvalue weighted by atomic mass is 9.95. The van der Waals surface area contributed by atoms with E-state index in [4.69, 9.17) is 9.47 Å². The Kier molecular flexibility index (Phi) is 8.65. The number of hydrogen-bond acceptors (Lipinski definition) is 7. The zero-order valence-electron chi connectivity index (χ0n) is 21.4. The minimum Gasteiger partial charge on any atom is -0.466 e. The number of nitrogens with zero attached hydrogens (tertiary/aromatic N) is 2. The van der Waals surface area contributed by atoms with Crippen molar-refractivity contribution in [1.82, 2.24) is 4.57 Å². The minimum absolute atomic E-state index is 0.140. The van der Waals surface area contributed by atoms with E-state index in [0.29, 0.717) is 22.2 Å². The number of rotatable bonds is 9. The molecule has 1 unspecified atom stereocenters. The second-order valence-electron chi connectivity index (χ2n) is 9.60. The number of hydrogen-bond donors (Lipinski definition) is 1. The topological polar surface area (TPSA) is 130 Å². The second-order valence-corrected chi connectivity index (χ2v) is 9.60. The van der Waals surface area contributed by atoms with Gasteiger partial charge in [-0.3, -0.25) is 24.3 Å². The Bertz CT molecular complexity index is 1290. The first kappa shape index (κ1) is 27.4. The predicted octanol–water partition coefficient (Wildman–Crippen LogP) is 4.92. The van der Waals surface area contributed by atoms with Gasteiger partial charge in [0, 0.05) is 22.2 Å². The van der Waals surface area contributed by atoms with Gasteiger partial charge in [0.25, 0.3) is 0 Å². The molecule has 1 heterocycles. The quantitative estimate of drug-likeness (QED) is 0.246. The molecule has 0 aliphatic heterocycles. The molecule has 0 fully saturated rings. The summed E-state index contributed by atoms with van der Waals surface area (Å²) in [7, 11) is 0. The second kappa shape index (κ2) is 11.7. The summed E-state index contributed by atoms with van der Waals surface area (Å²) in [6.45, 7) is 6.44. The summed E-state index contributed by atoms with van der Waals surface area (Å²) in [6.07, 6.45) is 0.715. The van der Waals surface area contributed by atoms with E-state index < -0.39 is 35.0 Å². The van der Waals surface area contributed by atoms with E-state index >= 15 is 0 Å². The van der Waals surface area contributed by atoms with E-state index in [2.05, 4.69) is 5.32 Å². The maximum Gasteiger partial charge on any atom is 0.419 e. The van der Waals surface area contributed by atoms with Gasteiger partial charge >= 0.3 is 12.1 Å². The van der Waals surface area contributed by atoms with Crippen LogP contribution < -0.4 is 5.32 Å². The Hall–Kier alpha value is -4.21. The fourth-order valence-electron chi connectivity index (χ4n) is 3.98. The largest absolute Gasteiger partial charge is 0.466 e. The van der Waals surface area contributed by atoms with E-state index in [1.165, 1.54) is 10.8 Å². The lowest BCUT2D eigenvalue weighted by Crippen LogP contribution is -2.26. The smallest absolute Gasteiger partial charge is 0.419 e. The van der Waals surface area contributed by atoms with Gasteiger partial charge in [-0.05, 0) is 57.0 Å². The first-order valence-electron chi connectivity index (χ1n) is 12.0. The average molecular weight is 510 g/mol. The molecule has 3 aromatic rings. The highest BCUT2D eigenvalue weighted by Crippen LogP contribution is 2.33. The van der Waals surface area contributed by atoms with Crippen LogP contribution in [0.25, 0.3) is 10.9 Å². The number of carbonyl (C=O) groups is 3. The van der Waals surface area contributed by atoms with Crippen LogP contribution in [-0.4, -0.2) is 46.2 Å². The lowest BCUT2D eigenvalue weighted by Gasteiger charge is -2.19. The summed E-state index contributed by atoms with van der Waals surface area (Å²) in [6, 6.07) is 14.2. The number of ether oxygens (including phenoxy) is 2. The third-order valence-electron chi connectivity index (χ3n) is 5.44. The molecule has 0 bridgehead atoms. The van der Waals surface area contributed by atoms with Crippen LogP contribution in [0.1, 0.15) is 51.2 Å². The molecule has 1 N–H and O–H groups in total. The lowest BCUT2D eigenvalue weighted by molar-refractivity contribution is -0.483. The molecule has 0 saturated carbocycles. The highest BCUT2D eigenvalue weighted by Gasteiger charge is 2.29. The Balaban J connectivity index is 2.03. The molecule has 10 nitrogen and oxygen atoms in total. The van der Waals surface area contributed by atoms with E-state index in [9.17, 15) is 24.5 Å². The standard InChI is InChI=1S/C27H31N3O7/c1-5-36-25(32)14-19(16-30(34)35)22-17-29(26(33)37-27(2,3)4)23-12-11-20(15-21(22)23)28-24(31)13-18-9-7-6-8-10-18/h6-12,15,17,19H,5,13-14,16H2,1-4H3,(H,28,31). The van der Waals surface area contributed by atoms with Crippen molar-refractivity contribution in [1.29, 1.82) is 0 Å². The monoisotopic (exact) mass is 509 g/mol. The molecule has 3 rings (SSSR count). The van der Waals surface area contributed by atoms with Crippen LogP contribution in [0, 0.1) is 10.1 Å². The zero-order chi connectivity index (χ0) is 27.2. The van der Waals surface area contributed by atoms with Crippen molar-refractivity contribution in [3.8, 4) is 0 Å². The fraction of sp³-hybridized carbons (Fsp3) is 0.370. The van der Waals surface area contributed by atoms with Crippen LogP contribution in [0.4, 0.5) is 10.5 Å². The molecule has 196 valence electrons. The number of anilines is 1. The Morgan fingerprint density at radius 3 is 2.43 bits per heavy atom. The third-order valence-corrected chi connectivity index (χ3v) is 5.44. The van der Waals surface area contributed by atoms with Gasteiger partial charge in [0.15, 0.2) is 0 Å². The summed E-state index contributed by atoms with van der Waals surface area (Å²) in [5.41, 5.74) is 1.36. The van der Waals surface area contributed by atoms with Crippen LogP contribution in [-0.2, 0) is 25.5 Å². The van der Waals surface area contributed by atoms with Gasteiger partial charge in [0.2, 0.25) is 12.5 Å². The number of aromatic nitrogens is 1. The first-order valence-corrected chi connectivity index (χ1v) is 12.0. The molecule has 37 heavy (non-hydrogen) atoms. The Labute approximate surface area is 214 Å². The molecule has 1 amide bonds. The molecular formula is C27H31N3O7. The van der Waals surface area contributed by atoms with E-state index in [1.54, 1.807) is 45.9 Å². The van der Waals surface area contributed by atoms with Gasteiger partial charge in [0.05, 0.1) is 30.9 Å². The average Bonchev–Trinajstić information content (AvgIpc) is 3.17. The van der Waals surface area contributed by atoms with Crippen molar-refractivity contribution < 1.29 is 28.8 Å². The van der Waals surface area contributed by atoms with E-state index in [1.807, 2.05) is 30.3 Å². The van der Waals surface area contributed by atoms with Crippen LogP contribution in [0.15, 0.2) is 54.7 Å². The van der Waals surface area contributed by atoms with Gasteiger partial charge in [-0.15, -0.1) is 0 Å². The summed E-state index contributed by atoms with van der Waals surface area (Å²) in [5.74, 6) is -1.69. The highest BCUT2D eigenvalue weighted by atomic mass is 16.6. The van der Waals surface area contributed by atoms with Crippen molar-refractivity contribution in [3.63, 3.8) is 0 Å². The number of fused-ring (bicyclic) bond motifs is 1. The van der Waals surface area contributed by atoms with Crippen molar-refractivity contribution in [3.05, 3.63) is 76.0 Å². The Morgan fingerprint density at radius 1 is 1.11 bits per heavy atom. The molecule has 0 aliphatic carbocycles. The number of nitro groups is 1. The molecule has 0 spiro atoms. The molecule has 10 heteroatoms. The van der Waals surface area contributed by atoms with Crippen LogP contribution >= 0.6 is 0 Å². The number of benzene rings is 2. The number of nitrogens with one attached hydrogen (secondary N) is 1. The summed E-state index contributed by atoms with van der Waals surface area (Å²) in [4.78, 5) is 48.8. The van der Waals surface area contributed by atoms with E-state index in [-0.39, 0.29) is 25.4 Å². The normalized spacial score (nSPS) is 12.1. The van der Waals surface area contributed by atoms with Crippen molar-refractivity contribution in [2.75, 3.05) is 18.5 Å². The van der Waals surface area contributed by atoms with Gasteiger partial charge in [0.1, 0.15) is 5.60 Å². The number of carbonyl (C=O) groups excluding carboxylic acids is 3. The first-order chi connectivity index (χ1) is 17.5. The molecule has 0 saturated heterocycles. The van der Waals surface area contributed by atoms with Gasteiger partial charge in [-0.1, -0.05) is 30.3 Å². The van der Waals surface area contributed by atoms with Crippen molar-refractivity contribution >= 4 is 34.6 Å². The maximum atomic E-state index is 13.0. The van der Waals surface area contributed by atoms with Crippen LogP contribution in [0.5, 0.6) is 0 Å². The maximum absolute atomic E-state index is 13.0. The molecule has 1 atom stereocenters. The summed E-state index contributed by atoms with van der Waals surface area (Å²) < 4.78 is 11.8. The molecule has 0 aliphatic rings. The third kappa shape index (κ3) is 7.63. The van der Waals surface area contributed by atoms with Gasteiger partial charge in [-0.25, -0.2) is 4.79 Å². The summed E-state index contributed by atoms with van der Waals surface area (Å²) in [5, 5.41) is 14.8.